The van der Waals surface area contributed by atoms with Crippen LogP contribution in [0.5, 0.6) is 0 Å². The zero-order valence-corrected chi connectivity index (χ0v) is 21.6. The summed E-state index contributed by atoms with van der Waals surface area (Å²) in [6.07, 6.45) is 2.40. The van der Waals surface area contributed by atoms with Gasteiger partial charge >= 0.3 is 0 Å². The molecule has 5 heteroatoms. The van der Waals surface area contributed by atoms with E-state index in [4.69, 9.17) is 4.74 Å². The summed E-state index contributed by atoms with van der Waals surface area (Å²) in [5.41, 5.74) is 5.34. The first-order chi connectivity index (χ1) is 17.1. The molecule has 35 heavy (non-hydrogen) atoms. The molecule has 2 aromatic carbocycles. The van der Waals surface area contributed by atoms with E-state index in [-0.39, 0.29) is 5.82 Å². The number of nitrogens with zero attached hydrogens (tertiary/aromatic N) is 2. The smallest absolute Gasteiger partial charge is 0.123 e. The molecule has 3 heterocycles. The number of ether oxygens (including phenoxy) is 1. The number of hydrogen-bond donors (Lipinski definition) is 0. The summed E-state index contributed by atoms with van der Waals surface area (Å²) in [5, 5.41) is 4.59. The number of hydrogen-bond acceptors (Lipinski definition) is 4. The maximum atomic E-state index is 13.1. The third-order valence-corrected chi connectivity index (χ3v) is 8.41. The second-order valence-corrected chi connectivity index (χ2v) is 11.3. The van der Waals surface area contributed by atoms with Crippen LogP contribution in [0.4, 0.5) is 4.39 Å². The fourth-order valence-corrected chi connectivity index (χ4v) is 6.52. The first kappa shape index (κ1) is 24.6. The molecule has 0 radical (unpaired) electrons. The zero-order chi connectivity index (χ0) is 24.0. The minimum absolute atomic E-state index is 0.192. The Morgan fingerprint density at radius 2 is 1.80 bits per heavy atom. The molecule has 0 aliphatic carbocycles. The van der Waals surface area contributed by atoms with Crippen LogP contribution in [0.3, 0.4) is 0 Å². The summed E-state index contributed by atoms with van der Waals surface area (Å²) in [6.45, 7) is 10.4. The van der Waals surface area contributed by atoms with Crippen LogP contribution in [-0.4, -0.2) is 49.1 Å². The monoisotopic (exact) mass is 492 g/mol. The number of rotatable bonds is 9. The van der Waals surface area contributed by atoms with Crippen LogP contribution in [-0.2, 0) is 17.9 Å². The average molecular weight is 493 g/mol. The molecule has 1 unspecified atom stereocenters. The highest BCUT2D eigenvalue weighted by Crippen LogP contribution is 2.36. The Bertz CT molecular complexity index is 1050. The second kappa shape index (κ2) is 11.8. The van der Waals surface area contributed by atoms with Gasteiger partial charge in [-0.3, -0.25) is 4.90 Å². The van der Waals surface area contributed by atoms with Gasteiger partial charge in [0.1, 0.15) is 5.82 Å². The molecule has 3 aromatic rings. The first-order valence-electron chi connectivity index (χ1n) is 13.0. The standard InChI is InChI=1S/C30H37FN2OS/c1-23-3-2-4-26(15-23)16-33-18-28(30(19-33)27-11-14-35-22-27)17-32-12-9-25(10-13-32)21-34-20-24-5-7-29(31)8-6-24/h2-8,11,14-15,22,25,28,30H,9-10,12-13,16-21H2,1H3/t28?,30-/m0/s1. The molecule has 2 atom stereocenters. The van der Waals surface area contributed by atoms with Gasteiger partial charge in [-0.15, -0.1) is 0 Å². The quantitative estimate of drug-likeness (QED) is 0.347. The molecule has 1 aromatic heterocycles. The van der Waals surface area contributed by atoms with Crippen molar-refractivity contribution in [1.29, 1.82) is 0 Å². The molecule has 2 fully saturated rings. The van der Waals surface area contributed by atoms with Gasteiger partial charge in [0.05, 0.1) is 6.61 Å². The van der Waals surface area contributed by atoms with Gasteiger partial charge in [0, 0.05) is 38.7 Å². The molecule has 3 nitrogen and oxygen atoms in total. The third kappa shape index (κ3) is 6.79. The van der Waals surface area contributed by atoms with Crippen LogP contribution in [0.2, 0.25) is 0 Å². The largest absolute Gasteiger partial charge is 0.376 e. The van der Waals surface area contributed by atoms with Crippen LogP contribution in [0.15, 0.2) is 65.4 Å². The van der Waals surface area contributed by atoms with Gasteiger partial charge in [-0.1, -0.05) is 42.0 Å². The van der Waals surface area contributed by atoms with Gasteiger partial charge in [-0.2, -0.15) is 11.3 Å². The molecule has 0 amide bonds. The Balaban J connectivity index is 1.11. The molecule has 0 N–H and O–H groups in total. The first-order valence-corrected chi connectivity index (χ1v) is 13.9. The van der Waals surface area contributed by atoms with Crippen LogP contribution in [0.25, 0.3) is 0 Å². The van der Waals surface area contributed by atoms with Crippen LogP contribution in [0, 0.1) is 24.6 Å². The van der Waals surface area contributed by atoms with Gasteiger partial charge in [-0.25, -0.2) is 4.39 Å². The van der Waals surface area contributed by atoms with E-state index >= 15 is 0 Å². The van der Waals surface area contributed by atoms with Crippen molar-refractivity contribution in [2.45, 2.75) is 38.8 Å². The Kier molecular flexibility index (Phi) is 8.30. The Morgan fingerprint density at radius 3 is 2.54 bits per heavy atom. The van der Waals surface area contributed by atoms with Crippen LogP contribution >= 0.6 is 11.3 Å². The van der Waals surface area contributed by atoms with E-state index in [0.717, 1.165) is 38.3 Å². The van der Waals surface area contributed by atoms with Crippen molar-refractivity contribution in [2.75, 3.05) is 39.3 Å². The van der Waals surface area contributed by atoms with Gasteiger partial charge in [-0.05, 0) is 90.3 Å². The van der Waals surface area contributed by atoms with E-state index in [1.807, 2.05) is 23.5 Å². The summed E-state index contributed by atoms with van der Waals surface area (Å²) in [7, 11) is 0. The van der Waals surface area contributed by atoms with Crippen LogP contribution in [0.1, 0.15) is 41.0 Å². The van der Waals surface area contributed by atoms with Crippen molar-refractivity contribution in [3.05, 3.63) is 93.4 Å². The number of piperidine rings is 1. The van der Waals surface area contributed by atoms with Crippen molar-refractivity contribution in [3.8, 4) is 0 Å². The summed E-state index contributed by atoms with van der Waals surface area (Å²) < 4.78 is 19.0. The molecular weight excluding hydrogens is 455 g/mol. The fourth-order valence-electron chi connectivity index (χ4n) is 5.80. The molecule has 2 aliphatic rings. The number of halogens is 1. The molecule has 0 bridgehead atoms. The average Bonchev–Trinajstić information content (AvgIpc) is 3.52. The molecule has 2 saturated heterocycles. The van der Waals surface area contributed by atoms with Crippen molar-refractivity contribution in [3.63, 3.8) is 0 Å². The normalized spacial score (nSPS) is 22.1. The van der Waals surface area contributed by atoms with Crippen molar-refractivity contribution >= 4 is 11.3 Å². The minimum atomic E-state index is -0.192. The van der Waals surface area contributed by atoms with E-state index in [1.165, 1.54) is 54.8 Å². The van der Waals surface area contributed by atoms with E-state index in [0.29, 0.717) is 24.4 Å². The predicted molar refractivity (Wildman–Crippen MR) is 142 cm³/mol. The molecule has 0 spiro atoms. The molecule has 0 saturated carbocycles. The number of thiophene rings is 1. The van der Waals surface area contributed by atoms with E-state index in [9.17, 15) is 4.39 Å². The zero-order valence-electron chi connectivity index (χ0n) is 20.7. The van der Waals surface area contributed by atoms with Gasteiger partial charge in [0.2, 0.25) is 0 Å². The summed E-state index contributed by atoms with van der Waals surface area (Å²) in [5.74, 6) is 1.74. The van der Waals surface area contributed by atoms with Crippen molar-refractivity contribution < 1.29 is 9.13 Å². The van der Waals surface area contributed by atoms with E-state index in [1.54, 1.807) is 0 Å². The second-order valence-electron chi connectivity index (χ2n) is 10.5. The van der Waals surface area contributed by atoms with Crippen LogP contribution < -0.4 is 0 Å². The highest BCUT2D eigenvalue weighted by atomic mass is 32.1. The van der Waals surface area contributed by atoms with Gasteiger partial charge < -0.3 is 9.64 Å². The summed E-state index contributed by atoms with van der Waals surface area (Å²) >= 11 is 1.82. The Labute approximate surface area is 213 Å². The Morgan fingerprint density at radius 1 is 0.971 bits per heavy atom. The molecule has 5 rings (SSSR count). The summed E-state index contributed by atoms with van der Waals surface area (Å²) in [6, 6.07) is 17.9. The van der Waals surface area contributed by atoms with Gasteiger partial charge in [0.15, 0.2) is 0 Å². The van der Waals surface area contributed by atoms with Gasteiger partial charge in [0.25, 0.3) is 0 Å². The molecular formula is C30H37FN2OS. The highest BCUT2D eigenvalue weighted by Gasteiger charge is 2.35. The number of aryl methyl sites for hydroxylation is 1. The van der Waals surface area contributed by atoms with E-state index in [2.05, 4.69) is 57.8 Å². The predicted octanol–water partition coefficient (Wildman–Crippen LogP) is 6.34. The maximum absolute atomic E-state index is 13.1. The SMILES string of the molecule is Cc1cccc(CN2CC(CN3CCC(COCc4ccc(F)cc4)CC3)[C@H](c3ccsc3)C2)c1. The fraction of sp³-hybridized carbons (Fsp3) is 0.467. The minimum Gasteiger partial charge on any atom is -0.376 e. The lowest BCUT2D eigenvalue weighted by atomic mass is 9.89. The molecule has 186 valence electrons. The Hall–Kier alpha value is -2.05. The lowest BCUT2D eigenvalue weighted by molar-refractivity contribution is 0.0542. The summed E-state index contributed by atoms with van der Waals surface area (Å²) in [4.78, 5) is 5.36. The third-order valence-electron chi connectivity index (χ3n) is 7.71. The molecule has 2 aliphatic heterocycles. The lowest BCUT2D eigenvalue weighted by Crippen LogP contribution is -2.39. The highest BCUT2D eigenvalue weighted by molar-refractivity contribution is 7.08. The number of likely N-dealkylation sites (tertiary alicyclic amines) is 2. The van der Waals surface area contributed by atoms with E-state index < -0.39 is 0 Å². The number of benzene rings is 2. The topological polar surface area (TPSA) is 15.7 Å². The maximum Gasteiger partial charge on any atom is 0.123 e. The lowest BCUT2D eigenvalue weighted by Gasteiger charge is -2.34. The van der Waals surface area contributed by atoms with Crippen molar-refractivity contribution in [1.82, 2.24) is 9.80 Å². The van der Waals surface area contributed by atoms with Crippen molar-refractivity contribution in [2.24, 2.45) is 11.8 Å².